The summed E-state index contributed by atoms with van der Waals surface area (Å²) in [5, 5.41) is 1.52. The standard InChI is InChI=1S/C30H43O3PS.C12H10N.ClH.Na.Pd/c1-21(2)27-19-25(35(31,32)33)20-28(22(3)4)30(27)26-17-11-12-18-29(26)34(23-13-7-5-8-14-23)24-15-9-6-10-16-24;13-12-9-5-4-8-11(12)10-6-2-1-3-7-10;;;/h11-12,17-24H,5-10,13-16H2,1-4H3,(H,31,32,33);1-6,8-9H,13H2;1H;;/q;-1;;+1;+2/p-2. The van der Waals surface area contributed by atoms with Crippen LogP contribution in [-0.4, -0.2) is 24.3 Å². The number of benzene rings is 4. The average molecular weight is 847 g/mol. The molecule has 6 rings (SSSR count). The van der Waals surface area contributed by atoms with E-state index in [0.717, 1.165) is 39.3 Å². The van der Waals surface area contributed by atoms with Gasteiger partial charge in [-0.25, -0.2) is 8.42 Å². The Hall–Kier alpha value is -1.03. The van der Waals surface area contributed by atoms with E-state index >= 15 is 0 Å². The first-order chi connectivity index (χ1) is 24.1. The van der Waals surface area contributed by atoms with Crippen molar-refractivity contribution in [3.63, 3.8) is 0 Å². The minimum Gasteiger partial charge on any atom is 1.00 e. The maximum Gasteiger partial charge on any atom is 1.00 e. The Labute approximate surface area is 346 Å². The van der Waals surface area contributed by atoms with Gasteiger partial charge in [0, 0.05) is 0 Å². The first kappa shape index (κ1) is 44.4. The quantitative estimate of drug-likeness (QED) is 0.0633. The van der Waals surface area contributed by atoms with Crippen molar-refractivity contribution in [2.24, 2.45) is 0 Å². The van der Waals surface area contributed by atoms with Crippen molar-refractivity contribution >= 4 is 38.6 Å². The van der Waals surface area contributed by atoms with Gasteiger partial charge in [-0.1, -0.05) is 122 Å². The Balaban J connectivity index is 0.000000366. The largest absolute Gasteiger partial charge is 1.00 e. The van der Waals surface area contributed by atoms with Crippen molar-refractivity contribution in [3.05, 3.63) is 102 Å². The molecule has 0 heterocycles. The van der Waals surface area contributed by atoms with Crippen LogP contribution >= 0.6 is 17.5 Å². The van der Waals surface area contributed by atoms with Crippen molar-refractivity contribution in [1.29, 1.82) is 0 Å². The first-order valence-corrected chi connectivity index (χ1v) is 22.9. The van der Waals surface area contributed by atoms with Gasteiger partial charge in [0.1, 0.15) is 10.1 Å². The molecule has 0 aromatic heterocycles. The van der Waals surface area contributed by atoms with E-state index in [0.29, 0.717) is 0 Å². The zero-order chi connectivity index (χ0) is 36.3. The van der Waals surface area contributed by atoms with Crippen LogP contribution in [0.1, 0.15) is 115 Å². The van der Waals surface area contributed by atoms with E-state index < -0.39 is 10.1 Å². The molecule has 0 amide bonds. The van der Waals surface area contributed by atoms with E-state index in [4.69, 9.17) is 5.73 Å². The third-order valence-corrected chi connectivity index (χ3v) is 14.4. The summed E-state index contributed by atoms with van der Waals surface area (Å²) in [4.78, 5) is -0.0899. The molecule has 2 N–H and O–H groups in total. The van der Waals surface area contributed by atoms with Crippen LogP contribution in [0.25, 0.3) is 22.3 Å². The zero-order valence-corrected chi connectivity index (χ0v) is 36.8. The molecule has 4 aromatic rings. The van der Waals surface area contributed by atoms with Gasteiger partial charge >= 0.3 is 57.3 Å². The van der Waals surface area contributed by atoms with E-state index in [9.17, 15) is 13.0 Å². The third kappa shape index (κ3) is 12.0. The van der Waals surface area contributed by atoms with Crippen LogP contribution in [0.5, 0.6) is 0 Å². The van der Waals surface area contributed by atoms with Gasteiger partial charge in [0.2, 0.25) is 0 Å². The summed E-state index contributed by atoms with van der Waals surface area (Å²) in [5.41, 5.74) is 14.7. The fourth-order valence-electron chi connectivity index (χ4n) is 7.65. The normalized spacial score (nSPS) is 15.4. The predicted molar refractivity (Wildman–Crippen MR) is 209 cm³/mol. The summed E-state index contributed by atoms with van der Waals surface area (Å²) in [6.45, 7) is 8.44. The van der Waals surface area contributed by atoms with Gasteiger partial charge in [-0.2, -0.15) is 0 Å². The Morgan fingerprint density at radius 3 is 1.67 bits per heavy atom. The summed E-state index contributed by atoms with van der Waals surface area (Å²) >= 11 is 2.22. The van der Waals surface area contributed by atoms with Crippen molar-refractivity contribution in [2.75, 3.05) is 5.73 Å². The van der Waals surface area contributed by atoms with Crippen LogP contribution in [0.4, 0.5) is 5.69 Å². The fraction of sp³-hybridized carbons (Fsp3) is 0.429. The predicted octanol–water partition coefficient (Wildman–Crippen LogP) is 8.70. The molecule has 4 aromatic carbocycles. The smallest absolute Gasteiger partial charge is 1.00 e. The van der Waals surface area contributed by atoms with Crippen LogP contribution in [-0.2, 0) is 28.3 Å². The number of hydrogen-bond acceptors (Lipinski definition) is 4. The van der Waals surface area contributed by atoms with Crippen LogP contribution < -0.4 is 40.6 Å². The van der Waals surface area contributed by atoms with Gasteiger partial charge in [-0.15, -0.1) is 35.9 Å². The molecule has 2 fully saturated rings. The molecule has 0 spiro atoms. The number of hydrogen-bond donors (Lipinski definition) is 1. The van der Waals surface area contributed by atoms with Crippen LogP contribution in [0.3, 0.4) is 0 Å². The van der Waals surface area contributed by atoms with Crippen LogP contribution in [0, 0.1) is 6.07 Å². The molecule has 0 radical (unpaired) electrons. The van der Waals surface area contributed by atoms with Crippen molar-refractivity contribution in [2.45, 2.75) is 120 Å². The number of nitrogens with two attached hydrogens (primary N) is 1. The summed E-state index contributed by atoms with van der Waals surface area (Å²) in [6, 6.07) is 31.1. The topological polar surface area (TPSA) is 83.2 Å². The van der Waals surface area contributed by atoms with Crippen LogP contribution in [0.2, 0.25) is 0 Å². The van der Waals surface area contributed by atoms with Crippen molar-refractivity contribution < 1.29 is 60.7 Å². The first-order valence-electron chi connectivity index (χ1n) is 18.0. The molecular weight excluding hydrogens is 794 g/mol. The Kier molecular flexibility index (Phi) is 18.9. The Morgan fingerprint density at radius 2 is 1.22 bits per heavy atom. The summed E-state index contributed by atoms with van der Waals surface area (Å²) < 4.78 is 36.2. The monoisotopic (exact) mass is 845 g/mol. The molecule has 0 atom stereocenters. The minimum atomic E-state index is -4.52. The van der Waals surface area contributed by atoms with E-state index in [-0.39, 0.29) is 54.2 Å². The van der Waals surface area contributed by atoms with E-state index in [1.807, 2.05) is 48.5 Å². The van der Waals surface area contributed by atoms with E-state index in [2.05, 4.69) is 85.7 Å². The molecule has 0 unspecified atom stereocenters. The van der Waals surface area contributed by atoms with Gasteiger partial charge in [0.25, 0.3) is 0 Å². The summed E-state index contributed by atoms with van der Waals surface area (Å²) in [5.74, 6) is 0.237. The second kappa shape index (κ2) is 21.8. The molecule has 2 aliphatic carbocycles. The molecule has 2 saturated carbocycles. The average Bonchev–Trinajstić information content (AvgIpc) is 3.13. The Bertz CT molecular complexity index is 1710. The summed E-state index contributed by atoms with van der Waals surface area (Å²) in [6.07, 6.45) is 13.5. The second-order valence-corrected chi connectivity index (χ2v) is 18.2. The maximum absolute atomic E-state index is 12.1. The van der Waals surface area contributed by atoms with Gasteiger partial charge in [-0.05, 0) is 100 Å². The molecule has 9 heteroatoms. The molecular formula is C42H52ClNNaO3PPdS. The van der Waals surface area contributed by atoms with Gasteiger partial charge in [0.15, 0.2) is 0 Å². The molecule has 0 aliphatic heterocycles. The van der Waals surface area contributed by atoms with Crippen molar-refractivity contribution in [3.8, 4) is 22.3 Å². The fourth-order valence-corrected chi connectivity index (χ4v) is 12.1. The molecule has 51 heavy (non-hydrogen) atoms. The van der Waals surface area contributed by atoms with Gasteiger partial charge in [-0.3, -0.25) is 0 Å². The van der Waals surface area contributed by atoms with E-state index in [1.165, 1.54) is 80.6 Å². The molecule has 0 bridgehead atoms. The zero-order valence-electron chi connectivity index (χ0n) is 30.8. The molecule has 4 nitrogen and oxygen atoms in total. The molecule has 2 aliphatic rings. The summed E-state index contributed by atoms with van der Waals surface area (Å²) in [7, 11) is -0.342. The minimum absolute atomic E-state index is 0. The molecule has 0 saturated heterocycles. The number of rotatable bonds is 8. The SMILES string of the molecule is CC(C)c1cc(S(=O)(=O)[O-])cc(C(C)C)c1-c1ccccc1P(C1CCCCC1)C1CCCCC1.Nc1ccccc1-c1[c-]cccc1.[Cl][Pd+].[Na+]. The second-order valence-electron chi connectivity index (χ2n) is 14.1. The number of anilines is 1. The number of nitrogen functional groups attached to an aromatic ring is 1. The van der Waals surface area contributed by atoms with Gasteiger partial charge < -0.3 is 10.3 Å². The third-order valence-electron chi connectivity index (χ3n) is 10.1. The Morgan fingerprint density at radius 1 is 0.745 bits per heavy atom. The number of para-hydroxylation sites is 1. The van der Waals surface area contributed by atoms with Gasteiger partial charge in [0.05, 0.1) is 4.90 Å². The molecule has 272 valence electrons. The number of halogens is 1. The van der Waals surface area contributed by atoms with Crippen LogP contribution in [0.15, 0.2) is 89.8 Å². The van der Waals surface area contributed by atoms with E-state index in [1.54, 1.807) is 12.1 Å². The maximum atomic E-state index is 12.1. The van der Waals surface area contributed by atoms with Crippen molar-refractivity contribution in [1.82, 2.24) is 0 Å².